The summed E-state index contributed by atoms with van der Waals surface area (Å²) in [6.07, 6.45) is 2.89. The maximum atomic E-state index is 11.5. The molecule has 0 unspecified atom stereocenters. The number of benzene rings is 2. The molecule has 2 heterocycles. The van der Waals surface area contributed by atoms with Gasteiger partial charge in [-0.2, -0.15) is 0 Å². The molecule has 3 aromatic rings. The van der Waals surface area contributed by atoms with E-state index in [4.69, 9.17) is 9.15 Å². The van der Waals surface area contributed by atoms with Crippen LogP contribution in [0, 0.1) is 6.92 Å². The standard InChI is InChI=1S/C25H29N5O3.HI/c1-3-26-25(28-15-20-16-33-24(29-20)18-6-4-17(2)5-7-18)27-12-13-32-21-9-10-22-19(14-21)8-11-23(31)30-22;/h4-7,9-10,14,16H,3,8,11-13,15H2,1-2H3,(H,30,31)(H2,26,27,28);1H. The number of hydrogen-bond donors (Lipinski definition) is 3. The number of guanidine groups is 1. The minimum atomic E-state index is 0. The van der Waals surface area contributed by atoms with E-state index in [0.717, 1.165) is 41.2 Å². The Balaban J connectivity index is 0.00000324. The Morgan fingerprint density at radius 2 is 2.00 bits per heavy atom. The van der Waals surface area contributed by atoms with Gasteiger partial charge < -0.3 is 25.1 Å². The first-order valence-corrected chi connectivity index (χ1v) is 11.2. The van der Waals surface area contributed by atoms with Gasteiger partial charge in [-0.15, -0.1) is 24.0 Å². The van der Waals surface area contributed by atoms with Gasteiger partial charge in [0.25, 0.3) is 0 Å². The molecule has 0 bridgehead atoms. The highest BCUT2D eigenvalue weighted by molar-refractivity contribution is 14.0. The van der Waals surface area contributed by atoms with Gasteiger partial charge in [0.15, 0.2) is 5.96 Å². The first kappa shape index (κ1) is 25.5. The number of amides is 1. The topological polar surface area (TPSA) is 101 Å². The van der Waals surface area contributed by atoms with Crippen molar-refractivity contribution in [2.24, 2.45) is 4.99 Å². The Hall–Kier alpha value is -3.08. The van der Waals surface area contributed by atoms with Crippen molar-refractivity contribution in [2.75, 3.05) is 25.0 Å². The molecule has 0 spiro atoms. The van der Waals surface area contributed by atoms with Gasteiger partial charge in [0.1, 0.15) is 24.3 Å². The number of nitrogens with zero attached hydrogens (tertiary/aromatic N) is 2. The fourth-order valence-corrected chi connectivity index (χ4v) is 3.50. The Morgan fingerprint density at radius 3 is 2.79 bits per heavy atom. The number of carbonyl (C=O) groups excluding carboxylic acids is 1. The van der Waals surface area contributed by atoms with Crippen molar-refractivity contribution < 1.29 is 13.9 Å². The summed E-state index contributed by atoms with van der Waals surface area (Å²) in [4.78, 5) is 20.6. The molecule has 1 aliphatic heterocycles. The van der Waals surface area contributed by atoms with Crippen LogP contribution >= 0.6 is 24.0 Å². The van der Waals surface area contributed by atoms with Crippen LogP contribution in [-0.2, 0) is 17.8 Å². The SMILES string of the molecule is CCNC(=NCc1coc(-c2ccc(C)cc2)n1)NCCOc1ccc2c(c1)CCC(=O)N2.I. The summed E-state index contributed by atoms with van der Waals surface area (Å²) in [5, 5.41) is 9.38. The summed E-state index contributed by atoms with van der Waals surface area (Å²) in [6.45, 7) is 6.29. The molecule has 0 saturated carbocycles. The van der Waals surface area contributed by atoms with E-state index in [2.05, 4.69) is 25.9 Å². The van der Waals surface area contributed by atoms with Gasteiger partial charge in [-0.05, 0) is 56.2 Å². The monoisotopic (exact) mass is 575 g/mol. The van der Waals surface area contributed by atoms with E-state index in [0.29, 0.717) is 38.0 Å². The zero-order valence-electron chi connectivity index (χ0n) is 19.4. The van der Waals surface area contributed by atoms with E-state index >= 15 is 0 Å². The number of rotatable bonds is 8. The number of oxazole rings is 1. The third-order valence-corrected chi connectivity index (χ3v) is 5.23. The van der Waals surface area contributed by atoms with Gasteiger partial charge in [0, 0.05) is 24.2 Å². The van der Waals surface area contributed by atoms with Gasteiger partial charge >= 0.3 is 0 Å². The highest BCUT2D eigenvalue weighted by Gasteiger charge is 2.15. The molecule has 0 atom stereocenters. The Kier molecular flexibility index (Phi) is 9.32. The Labute approximate surface area is 216 Å². The predicted octanol–water partition coefficient (Wildman–Crippen LogP) is 4.29. The number of anilines is 1. The van der Waals surface area contributed by atoms with Gasteiger partial charge in [-0.1, -0.05) is 17.7 Å². The van der Waals surface area contributed by atoms with Crippen molar-refractivity contribution in [3.8, 4) is 17.2 Å². The van der Waals surface area contributed by atoms with E-state index in [1.54, 1.807) is 6.26 Å². The van der Waals surface area contributed by atoms with Gasteiger partial charge in [-0.3, -0.25) is 4.79 Å². The molecule has 180 valence electrons. The second-order valence-corrected chi connectivity index (χ2v) is 7.85. The molecule has 0 radical (unpaired) electrons. The summed E-state index contributed by atoms with van der Waals surface area (Å²) in [5.41, 5.74) is 4.88. The lowest BCUT2D eigenvalue weighted by Gasteiger charge is -2.18. The number of ether oxygens (including phenoxy) is 1. The first-order chi connectivity index (χ1) is 16.1. The number of hydrogen-bond acceptors (Lipinski definition) is 5. The number of aromatic nitrogens is 1. The normalized spacial score (nSPS) is 12.9. The van der Waals surface area contributed by atoms with Gasteiger partial charge in [-0.25, -0.2) is 9.98 Å². The third kappa shape index (κ3) is 6.96. The zero-order valence-corrected chi connectivity index (χ0v) is 21.7. The first-order valence-electron chi connectivity index (χ1n) is 11.2. The molecule has 3 N–H and O–H groups in total. The van der Waals surface area contributed by atoms with Crippen LogP contribution in [0.2, 0.25) is 0 Å². The number of halogens is 1. The smallest absolute Gasteiger partial charge is 0.226 e. The average Bonchev–Trinajstić information content (AvgIpc) is 3.29. The molecule has 1 aliphatic rings. The lowest BCUT2D eigenvalue weighted by atomic mass is 10.0. The van der Waals surface area contributed by atoms with Crippen LogP contribution in [0.3, 0.4) is 0 Å². The summed E-state index contributed by atoms with van der Waals surface area (Å²) >= 11 is 0. The molecule has 0 aliphatic carbocycles. The Morgan fingerprint density at radius 1 is 1.18 bits per heavy atom. The fourth-order valence-electron chi connectivity index (χ4n) is 3.50. The van der Waals surface area contributed by atoms with Crippen LogP contribution < -0.4 is 20.7 Å². The van der Waals surface area contributed by atoms with Crippen molar-refractivity contribution in [1.29, 1.82) is 0 Å². The summed E-state index contributed by atoms with van der Waals surface area (Å²) in [7, 11) is 0. The second-order valence-electron chi connectivity index (χ2n) is 7.85. The molecular weight excluding hydrogens is 545 g/mol. The molecular formula is C25H30IN5O3. The van der Waals surface area contributed by atoms with Crippen LogP contribution in [0.15, 0.2) is 58.1 Å². The van der Waals surface area contributed by atoms with E-state index in [1.165, 1.54) is 5.56 Å². The van der Waals surface area contributed by atoms with Crippen molar-refractivity contribution >= 4 is 41.5 Å². The molecule has 8 nitrogen and oxygen atoms in total. The lowest BCUT2D eigenvalue weighted by Crippen LogP contribution is -2.39. The van der Waals surface area contributed by atoms with Crippen LogP contribution in [0.5, 0.6) is 5.75 Å². The van der Waals surface area contributed by atoms with Crippen molar-refractivity contribution in [3.05, 3.63) is 65.5 Å². The van der Waals surface area contributed by atoms with Crippen LogP contribution in [0.1, 0.15) is 30.2 Å². The molecule has 9 heteroatoms. The maximum absolute atomic E-state index is 11.5. The zero-order chi connectivity index (χ0) is 23.0. The third-order valence-electron chi connectivity index (χ3n) is 5.23. The van der Waals surface area contributed by atoms with Crippen molar-refractivity contribution in [2.45, 2.75) is 33.2 Å². The molecule has 0 saturated heterocycles. The minimum absolute atomic E-state index is 0. The predicted molar refractivity (Wildman–Crippen MR) is 144 cm³/mol. The Bertz CT molecular complexity index is 1130. The highest BCUT2D eigenvalue weighted by Crippen LogP contribution is 2.26. The van der Waals surface area contributed by atoms with Crippen LogP contribution in [0.4, 0.5) is 5.69 Å². The highest BCUT2D eigenvalue weighted by atomic mass is 127. The minimum Gasteiger partial charge on any atom is -0.492 e. The van der Waals surface area contributed by atoms with Crippen molar-refractivity contribution in [1.82, 2.24) is 15.6 Å². The number of aryl methyl sites for hydroxylation is 2. The second kappa shape index (κ2) is 12.4. The molecule has 2 aromatic carbocycles. The summed E-state index contributed by atoms with van der Waals surface area (Å²) in [6, 6.07) is 13.8. The number of aliphatic imine (C=N–C) groups is 1. The van der Waals surface area contributed by atoms with E-state index in [9.17, 15) is 4.79 Å². The summed E-state index contributed by atoms with van der Waals surface area (Å²) < 4.78 is 11.5. The fraction of sp³-hybridized carbons (Fsp3) is 0.320. The molecule has 1 amide bonds. The van der Waals surface area contributed by atoms with Crippen LogP contribution in [0.25, 0.3) is 11.5 Å². The molecule has 34 heavy (non-hydrogen) atoms. The average molecular weight is 575 g/mol. The molecule has 0 fully saturated rings. The van der Waals surface area contributed by atoms with Gasteiger partial charge in [0.2, 0.25) is 11.8 Å². The van der Waals surface area contributed by atoms with Crippen molar-refractivity contribution in [3.63, 3.8) is 0 Å². The molecule has 1 aromatic heterocycles. The molecule has 4 rings (SSSR count). The van der Waals surface area contributed by atoms with E-state index in [1.807, 2.05) is 56.3 Å². The number of carbonyl (C=O) groups is 1. The summed E-state index contributed by atoms with van der Waals surface area (Å²) in [5.74, 6) is 2.14. The van der Waals surface area contributed by atoms with E-state index in [-0.39, 0.29) is 29.9 Å². The lowest BCUT2D eigenvalue weighted by molar-refractivity contribution is -0.116. The number of nitrogens with one attached hydrogen (secondary N) is 3. The largest absolute Gasteiger partial charge is 0.492 e. The number of fused-ring (bicyclic) bond motifs is 1. The maximum Gasteiger partial charge on any atom is 0.226 e. The quantitative estimate of drug-likeness (QED) is 0.161. The van der Waals surface area contributed by atoms with Crippen LogP contribution in [-0.4, -0.2) is 36.5 Å². The van der Waals surface area contributed by atoms with Gasteiger partial charge in [0.05, 0.1) is 13.1 Å². The van der Waals surface area contributed by atoms with E-state index < -0.39 is 0 Å².